The van der Waals surface area contributed by atoms with E-state index in [1.54, 1.807) is 37.3 Å². The largest absolute Gasteiger partial charge is 0.393 e. The van der Waals surface area contributed by atoms with Gasteiger partial charge in [0.05, 0.1) is 11.5 Å². The number of hydrogen-bond acceptors (Lipinski definition) is 3. The standard InChI is InChI=1S/C15H17NO3/c1-3-8-15(9-10(2)17)12-7-5-4-6-11(12)13(18)16-14(15)19/h3-7,10,17H,1,8-9H2,2H3,(H,16,18,19). The van der Waals surface area contributed by atoms with Crippen molar-refractivity contribution >= 4 is 11.8 Å². The molecule has 0 fully saturated rings. The van der Waals surface area contributed by atoms with Gasteiger partial charge in [0.2, 0.25) is 5.91 Å². The highest BCUT2D eigenvalue weighted by atomic mass is 16.3. The predicted molar refractivity (Wildman–Crippen MR) is 71.7 cm³/mol. The average molecular weight is 259 g/mol. The number of hydrogen-bond donors (Lipinski definition) is 2. The van der Waals surface area contributed by atoms with E-state index in [0.29, 0.717) is 17.5 Å². The van der Waals surface area contributed by atoms with Gasteiger partial charge < -0.3 is 5.11 Å². The normalized spacial score (nSPS) is 23.5. The summed E-state index contributed by atoms with van der Waals surface area (Å²) in [7, 11) is 0. The molecule has 0 saturated carbocycles. The van der Waals surface area contributed by atoms with E-state index in [9.17, 15) is 14.7 Å². The fraction of sp³-hybridized carbons (Fsp3) is 0.333. The molecule has 2 unspecified atom stereocenters. The van der Waals surface area contributed by atoms with Gasteiger partial charge in [-0.2, -0.15) is 0 Å². The summed E-state index contributed by atoms with van der Waals surface area (Å²) in [6.07, 6.45) is 1.64. The number of aliphatic hydroxyl groups is 1. The third kappa shape index (κ3) is 2.19. The summed E-state index contributed by atoms with van der Waals surface area (Å²) in [5.74, 6) is -0.747. The van der Waals surface area contributed by atoms with Gasteiger partial charge in [-0.05, 0) is 31.4 Å². The SMILES string of the molecule is C=CCC1(CC(C)O)C(=O)NC(=O)c2ccccc21. The Hall–Kier alpha value is -1.94. The Kier molecular flexibility index (Phi) is 3.53. The average Bonchev–Trinajstić information content (AvgIpc) is 2.36. The fourth-order valence-electron chi connectivity index (χ4n) is 2.75. The zero-order valence-electron chi connectivity index (χ0n) is 10.8. The lowest BCUT2D eigenvalue weighted by Gasteiger charge is -2.37. The van der Waals surface area contributed by atoms with Crippen LogP contribution in [-0.4, -0.2) is 23.0 Å². The first kappa shape index (κ1) is 13.5. The van der Waals surface area contributed by atoms with Crippen LogP contribution in [0.4, 0.5) is 0 Å². The maximum absolute atomic E-state index is 12.3. The summed E-state index contributed by atoms with van der Waals surface area (Å²) in [6.45, 7) is 5.32. The Morgan fingerprint density at radius 2 is 2.11 bits per heavy atom. The quantitative estimate of drug-likeness (QED) is 0.636. The molecule has 2 atom stereocenters. The number of carbonyl (C=O) groups excluding carboxylic acids is 2. The molecule has 0 bridgehead atoms. The van der Waals surface area contributed by atoms with Crippen molar-refractivity contribution in [2.45, 2.75) is 31.3 Å². The Morgan fingerprint density at radius 3 is 2.74 bits per heavy atom. The Morgan fingerprint density at radius 1 is 1.42 bits per heavy atom. The van der Waals surface area contributed by atoms with Crippen molar-refractivity contribution in [2.24, 2.45) is 0 Å². The van der Waals surface area contributed by atoms with Crippen LogP contribution < -0.4 is 5.32 Å². The van der Waals surface area contributed by atoms with Crippen LogP contribution in [0.25, 0.3) is 0 Å². The highest BCUT2D eigenvalue weighted by molar-refractivity contribution is 6.13. The van der Waals surface area contributed by atoms with E-state index in [1.165, 1.54) is 0 Å². The topological polar surface area (TPSA) is 66.4 Å². The Balaban J connectivity index is 2.63. The van der Waals surface area contributed by atoms with Crippen LogP contribution in [0.5, 0.6) is 0 Å². The van der Waals surface area contributed by atoms with E-state index in [0.717, 1.165) is 0 Å². The molecular weight excluding hydrogens is 242 g/mol. The van der Waals surface area contributed by atoms with Gasteiger partial charge in [0.25, 0.3) is 5.91 Å². The van der Waals surface area contributed by atoms with Crippen molar-refractivity contribution in [3.05, 3.63) is 48.0 Å². The van der Waals surface area contributed by atoms with Gasteiger partial charge in [-0.1, -0.05) is 24.3 Å². The van der Waals surface area contributed by atoms with Gasteiger partial charge in [-0.25, -0.2) is 0 Å². The van der Waals surface area contributed by atoms with E-state index >= 15 is 0 Å². The summed E-state index contributed by atoms with van der Waals surface area (Å²) in [5.41, 5.74) is 0.245. The van der Waals surface area contributed by atoms with Gasteiger partial charge in [-0.15, -0.1) is 6.58 Å². The molecule has 0 aliphatic carbocycles. The lowest BCUT2D eigenvalue weighted by molar-refractivity contribution is -0.127. The number of rotatable bonds is 4. The molecule has 2 N–H and O–H groups in total. The molecule has 4 nitrogen and oxygen atoms in total. The van der Waals surface area contributed by atoms with Gasteiger partial charge in [0.15, 0.2) is 0 Å². The summed E-state index contributed by atoms with van der Waals surface area (Å²) in [6, 6.07) is 7.02. The molecule has 2 rings (SSSR count). The van der Waals surface area contributed by atoms with E-state index in [-0.39, 0.29) is 18.2 Å². The molecule has 1 aliphatic rings. The van der Waals surface area contributed by atoms with E-state index in [1.807, 2.05) is 0 Å². The molecule has 0 aromatic heterocycles. The number of nitrogens with one attached hydrogen (secondary N) is 1. The minimum absolute atomic E-state index is 0.259. The fourth-order valence-corrected chi connectivity index (χ4v) is 2.75. The lowest BCUT2D eigenvalue weighted by atomic mass is 9.69. The molecule has 1 aliphatic heterocycles. The van der Waals surface area contributed by atoms with Crippen molar-refractivity contribution in [1.82, 2.24) is 5.32 Å². The van der Waals surface area contributed by atoms with Crippen LogP contribution >= 0.6 is 0 Å². The summed E-state index contributed by atoms with van der Waals surface area (Å²) in [5, 5.41) is 12.1. The van der Waals surface area contributed by atoms with Gasteiger partial charge in [0.1, 0.15) is 0 Å². The highest BCUT2D eigenvalue weighted by Gasteiger charge is 2.46. The van der Waals surface area contributed by atoms with Crippen molar-refractivity contribution in [2.75, 3.05) is 0 Å². The molecule has 1 aromatic rings. The minimum Gasteiger partial charge on any atom is -0.393 e. The number of aliphatic hydroxyl groups excluding tert-OH is 1. The maximum atomic E-state index is 12.3. The molecule has 4 heteroatoms. The van der Waals surface area contributed by atoms with Crippen LogP contribution in [0.3, 0.4) is 0 Å². The summed E-state index contributed by atoms with van der Waals surface area (Å²) >= 11 is 0. The summed E-state index contributed by atoms with van der Waals surface area (Å²) < 4.78 is 0. The first-order chi connectivity index (χ1) is 9.01. The van der Waals surface area contributed by atoms with Crippen LogP contribution in [0.1, 0.15) is 35.7 Å². The van der Waals surface area contributed by atoms with Gasteiger partial charge in [0, 0.05) is 5.56 Å². The molecule has 1 aromatic carbocycles. The minimum atomic E-state index is -0.916. The first-order valence-electron chi connectivity index (χ1n) is 6.25. The first-order valence-corrected chi connectivity index (χ1v) is 6.25. The van der Waals surface area contributed by atoms with Crippen LogP contribution in [0.15, 0.2) is 36.9 Å². The number of benzene rings is 1. The van der Waals surface area contributed by atoms with Gasteiger partial charge in [-0.3, -0.25) is 14.9 Å². The summed E-state index contributed by atoms with van der Waals surface area (Å²) in [4.78, 5) is 24.2. The molecular formula is C15H17NO3. The molecule has 19 heavy (non-hydrogen) atoms. The lowest BCUT2D eigenvalue weighted by Crippen LogP contribution is -2.53. The molecule has 0 spiro atoms. The number of allylic oxidation sites excluding steroid dienone is 1. The third-order valence-corrected chi connectivity index (χ3v) is 3.49. The second-order valence-corrected chi connectivity index (χ2v) is 4.96. The molecule has 100 valence electrons. The number of imide groups is 1. The van der Waals surface area contributed by atoms with Gasteiger partial charge >= 0.3 is 0 Å². The number of carbonyl (C=O) groups is 2. The Bertz CT molecular complexity index is 536. The second kappa shape index (κ2) is 4.97. The van der Waals surface area contributed by atoms with E-state index in [4.69, 9.17) is 0 Å². The maximum Gasteiger partial charge on any atom is 0.258 e. The third-order valence-electron chi connectivity index (χ3n) is 3.49. The van der Waals surface area contributed by atoms with Crippen LogP contribution in [0.2, 0.25) is 0 Å². The predicted octanol–water partition coefficient (Wildman–Crippen LogP) is 1.54. The van der Waals surface area contributed by atoms with Crippen molar-refractivity contribution in [3.63, 3.8) is 0 Å². The molecule has 0 saturated heterocycles. The molecule has 1 heterocycles. The zero-order chi connectivity index (χ0) is 14.0. The smallest absolute Gasteiger partial charge is 0.258 e. The van der Waals surface area contributed by atoms with Crippen LogP contribution in [-0.2, 0) is 10.2 Å². The van der Waals surface area contributed by atoms with E-state index in [2.05, 4.69) is 11.9 Å². The van der Waals surface area contributed by atoms with Crippen molar-refractivity contribution < 1.29 is 14.7 Å². The van der Waals surface area contributed by atoms with E-state index < -0.39 is 11.5 Å². The monoisotopic (exact) mass is 259 g/mol. The van der Waals surface area contributed by atoms with Crippen LogP contribution in [0, 0.1) is 0 Å². The van der Waals surface area contributed by atoms with Crippen molar-refractivity contribution in [1.29, 1.82) is 0 Å². The number of fused-ring (bicyclic) bond motifs is 1. The second-order valence-electron chi connectivity index (χ2n) is 4.96. The van der Waals surface area contributed by atoms with Crippen molar-refractivity contribution in [3.8, 4) is 0 Å². The Labute approximate surface area is 112 Å². The number of amides is 2. The molecule has 2 amide bonds. The highest BCUT2D eigenvalue weighted by Crippen LogP contribution is 2.38. The zero-order valence-corrected chi connectivity index (χ0v) is 10.8. The molecule has 0 radical (unpaired) electrons.